The molecule has 13 heavy (non-hydrogen) atoms. The van der Waals surface area contributed by atoms with Gasteiger partial charge in [0.05, 0.1) is 14.2 Å². The number of methoxy groups -OCH3 is 2. The van der Waals surface area contributed by atoms with Crippen molar-refractivity contribution in [2.24, 2.45) is 0 Å². The second-order valence-corrected chi connectivity index (χ2v) is 2.81. The summed E-state index contributed by atoms with van der Waals surface area (Å²) in [5.41, 5.74) is 0.458. The van der Waals surface area contributed by atoms with E-state index in [1.165, 1.54) is 14.2 Å². The molecule has 4 heteroatoms. The van der Waals surface area contributed by atoms with Crippen LogP contribution in [0.4, 0.5) is 0 Å². The lowest BCUT2D eigenvalue weighted by Gasteiger charge is -2.05. The molecule has 1 aromatic carbocycles. The minimum Gasteiger partial charge on any atom is -0.497 e. The van der Waals surface area contributed by atoms with Crippen LogP contribution >= 0.6 is 12.6 Å². The lowest BCUT2D eigenvalue weighted by molar-refractivity contribution is 0.109. The van der Waals surface area contributed by atoms with E-state index >= 15 is 0 Å². The van der Waals surface area contributed by atoms with Gasteiger partial charge in [0.1, 0.15) is 11.5 Å². The maximum absolute atomic E-state index is 10.9. The second kappa shape index (κ2) is 4.18. The first-order valence-corrected chi connectivity index (χ1v) is 4.08. The van der Waals surface area contributed by atoms with E-state index in [0.29, 0.717) is 17.1 Å². The number of ether oxygens (including phenoxy) is 2. The minimum absolute atomic E-state index is 0.308. The molecule has 0 spiro atoms. The van der Waals surface area contributed by atoms with Gasteiger partial charge in [-0.05, 0) is 12.1 Å². The van der Waals surface area contributed by atoms with Gasteiger partial charge in [-0.3, -0.25) is 4.79 Å². The molecule has 0 amide bonds. The van der Waals surface area contributed by atoms with E-state index in [4.69, 9.17) is 9.47 Å². The highest BCUT2D eigenvalue weighted by Crippen LogP contribution is 2.23. The van der Waals surface area contributed by atoms with E-state index in [0.717, 1.165) is 0 Å². The first kappa shape index (κ1) is 9.92. The SMILES string of the molecule is COc1cc(OC)cc(C(=O)S)c1. The molecule has 3 nitrogen and oxygen atoms in total. The van der Waals surface area contributed by atoms with Crippen LogP contribution in [0.5, 0.6) is 11.5 Å². The molecule has 0 aliphatic carbocycles. The summed E-state index contributed by atoms with van der Waals surface area (Å²) in [5.74, 6) is 1.16. The van der Waals surface area contributed by atoms with E-state index in [-0.39, 0.29) is 5.12 Å². The standard InChI is InChI=1S/C9H10O3S/c1-11-7-3-6(9(10)13)4-8(5-7)12-2/h3-5H,1-2H3,(H,10,13). The van der Waals surface area contributed by atoms with Crippen molar-refractivity contribution >= 4 is 17.7 Å². The fraction of sp³-hybridized carbons (Fsp3) is 0.222. The van der Waals surface area contributed by atoms with Gasteiger partial charge in [-0.1, -0.05) is 0 Å². The van der Waals surface area contributed by atoms with Gasteiger partial charge in [0.15, 0.2) is 0 Å². The highest BCUT2D eigenvalue weighted by Gasteiger charge is 2.05. The molecule has 70 valence electrons. The van der Waals surface area contributed by atoms with Crippen molar-refractivity contribution in [1.82, 2.24) is 0 Å². The normalized spacial score (nSPS) is 9.46. The molecule has 0 N–H and O–H groups in total. The Kier molecular flexibility index (Phi) is 3.19. The number of thiol groups is 1. The van der Waals surface area contributed by atoms with Crippen LogP contribution in [0.15, 0.2) is 18.2 Å². The number of carbonyl (C=O) groups is 1. The third-order valence-electron chi connectivity index (χ3n) is 1.60. The molecule has 0 aromatic heterocycles. The highest BCUT2D eigenvalue weighted by atomic mass is 32.1. The van der Waals surface area contributed by atoms with Crippen molar-refractivity contribution in [3.63, 3.8) is 0 Å². The Morgan fingerprint density at radius 1 is 1.15 bits per heavy atom. The van der Waals surface area contributed by atoms with Gasteiger partial charge in [0, 0.05) is 11.6 Å². The van der Waals surface area contributed by atoms with Crippen LogP contribution in [0.25, 0.3) is 0 Å². The van der Waals surface area contributed by atoms with Gasteiger partial charge in [-0.15, -0.1) is 12.6 Å². The molecule has 0 bridgehead atoms. The first-order valence-electron chi connectivity index (χ1n) is 3.63. The monoisotopic (exact) mass is 198 g/mol. The van der Waals surface area contributed by atoms with E-state index < -0.39 is 0 Å². The van der Waals surface area contributed by atoms with Gasteiger partial charge < -0.3 is 9.47 Å². The Labute approximate surface area is 82.1 Å². The van der Waals surface area contributed by atoms with Gasteiger partial charge in [0.2, 0.25) is 5.12 Å². The first-order chi connectivity index (χ1) is 6.17. The predicted octanol–water partition coefficient (Wildman–Crippen LogP) is 1.77. The molecule has 0 unspecified atom stereocenters. The van der Waals surface area contributed by atoms with Crippen molar-refractivity contribution in [2.45, 2.75) is 0 Å². The van der Waals surface area contributed by atoms with E-state index in [9.17, 15) is 4.79 Å². The zero-order chi connectivity index (χ0) is 9.84. The van der Waals surface area contributed by atoms with E-state index in [2.05, 4.69) is 12.6 Å². The Hall–Kier alpha value is -1.16. The Morgan fingerprint density at radius 3 is 1.92 bits per heavy atom. The minimum atomic E-state index is -0.308. The summed E-state index contributed by atoms with van der Waals surface area (Å²) in [6, 6.07) is 4.91. The van der Waals surface area contributed by atoms with Crippen LogP contribution in [0.1, 0.15) is 10.4 Å². The molecule has 0 fully saturated rings. The van der Waals surface area contributed by atoms with Gasteiger partial charge in [0.25, 0.3) is 0 Å². The van der Waals surface area contributed by atoms with E-state index in [1.54, 1.807) is 18.2 Å². The zero-order valence-corrected chi connectivity index (χ0v) is 8.30. The molecule has 0 aliphatic rings. The fourth-order valence-corrected chi connectivity index (χ4v) is 1.06. The average Bonchev–Trinajstić information content (AvgIpc) is 2.16. The second-order valence-electron chi connectivity index (χ2n) is 2.41. The van der Waals surface area contributed by atoms with Gasteiger partial charge in [-0.2, -0.15) is 0 Å². The lowest BCUT2D eigenvalue weighted by Crippen LogP contribution is -1.93. The quantitative estimate of drug-likeness (QED) is 0.752. The van der Waals surface area contributed by atoms with Gasteiger partial charge in [-0.25, -0.2) is 0 Å². The molecule has 0 aliphatic heterocycles. The van der Waals surface area contributed by atoms with Crippen LogP contribution in [0, 0.1) is 0 Å². The van der Waals surface area contributed by atoms with Crippen molar-refractivity contribution in [1.29, 1.82) is 0 Å². The van der Waals surface area contributed by atoms with Crippen molar-refractivity contribution in [3.8, 4) is 11.5 Å². The third kappa shape index (κ3) is 2.39. The maximum Gasteiger partial charge on any atom is 0.216 e. The van der Waals surface area contributed by atoms with E-state index in [1.807, 2.05) is 0 Å². The maximum atomic E-state index is 10.9. The molecule has 1 aromatic rings. The average molecular weight is 198 g/mol. The van der Waals surface area contributed by atoms with Crippen LogP contribution in [0.3, 0.4) is 0 Å². The topological polar surface area (TPSA) is 35.5 Å². The molecule has 0 saturated carbocycles. The molecule has 1 rings (SSSR count). The molecular formula is C9H10O3S. The number of hydrogen-bond acceptors (Lipinski definition) is 3. The summed E-state index contributed by atoms with van der Waals surface area (Å²) in [6.45, 7) is 0. The largest absolute Gasteiger partial charge is 0.497 e. The summed E-state index contributed by atoms with van der Waals surface area (Å²) >= 11 is 3.71. The Balaban J connectivity index is 3.14. The van der Waals surface area contributed by atoms with Crippen LogP contribution in [-0.2, 0) is 0 Å². The summed E-state index contributed by atoms with van der Waals surface area (Å²) in [6.07, 6.45) is 0. The zero-order valence-electron chi connectivity index (χ0n) is 7.40. The highest BCUT2D eigenvalue weighted by molar-refractivity contribution is 7.97. The van der Waals surface area contributed by atoms with Gasteiger partial charge >= 0.3 is 0 Å². The Morgan fingerprint density at radius 2 is 1.62 bits per heavy atom. The van der Waals surface area contributed by atoms with Crippen LogP contribution in [-0.4, -0.2) is 19.3 Å². The molecule has 0 saturated heterocycles. The predicted molar refractivity (Wildman–Crippen MR) is 52.9 cm³/mol. The number of carbonyl (C=O) groups excluding carboxylic acids is 1. The van der Waals surface area contributed by atoms with Crippen LogP contribution < -0.4 is 9.47 Å². The molecule has 0 radical (unpaired) electrons. The van der Waals surface area contributed by atoms with Crippen LogP contribution in [0.2, 0.25) is 0 Å². The summed E-state index contributed by atoms with van der Waals surface area (Å²) < 4.78 is 9.96. The molecule has 0 heterocycles. The summed E-state index contributed by atoms with van der Waals surface area (Å²) in [4.78, 5) is 10.9. The van der Waals surface area contributed by atoms with Crippen molar-refractivity contribution in [2.75, 3.05) is 14.2 Å². The number of benzene rings is 1. The number of rotatable bonds is 3. The Bertz CT molecular complexity index is 300. The van der Waals surface area contributed by atoms with Crippen molar-refractivity contribution in [3.05, 3.63) is 23.8 Å². The summed E-state index contributed by atoms with van der Waals surface area (Å²) in [5, 5.41) is -0.308. The summed E-state index contributed by atoms with van der Waals surface area (Å²) in [7, 11) is 3.06. The van der Waals surface area contributed by atoms with Crippen molar-refractivity contribution < 1.29 is 14.3 Å². The molecule has 0 atom stereocenters. The lowest BCUT2D eigenvalue weighted by atomic mass is 10.2. The fourth-order valence-electron chi connectivity index (χ4n) is 0.931. The smallest absolute Gasteiger partial charge is 0.216 e. The molecular weight excluding hydrogens is 188 g/mol. The number of hydrogen-bond donors (Lipinski definition) is 1. The third-order valence-corrected chi connectivity index (χ3v) is 1.86.